The second-order valence-electron chi connectivity index (χ2n) is 7.30. The van der Waals surface area contributed by atoms with Crippen molar-refractivity contribution in [3.8, 4) is 11.1 Å². The number of benzene rings is 2. The average Bonchev–Trinajstić information content (AvgIpc) is 3.15. The molecular weight excluding hydrogens is 400 g/mol. The quantitative estimate of drug-likeness (QED) is 0.411. The minimum absolute atomic E-state index is 0.121. The number of fused-ring (bicyclic) bond motifs is 1. The van der Waals surface area contributed by atoms with E-state index in [1.807, 2.05) is 18.2 Å². The molecule has 1 atom stereocenters. The highest BCUT2D eigenvalue weighted by Crippen LogP contribution is 2.37. The van der Waals surface area contributed by atoms with Crippen molar-refractivity contribution in [1.29, 1.82) is 0 Å². The molecule has 2 heterocycles. The van der Waals surface area contributed by atoms with Crippen LogP contribution in [0.1, 0.15) is 17.2 Å². The highest BCUT2D eigenvalue weighted by atomic mass is 35.5. The second-order valence-corrected chi connectivity index (χ2v) is 8.56. The van der Waals surface area contributed by atoms with Gasteiger partial charge in [-0.2, -0.15) is 0 Å². The summed E-state index contributed by atoms with van der Waals surface area (Å²) in [7, 11) is 4.13. The Hall–Kier alpha value is -2.47. The first-order valence-corrected chi connectivity index (χ1v) is 10.7. The zero-order valence-corrected chi connectivity index (χ0v) is 18.3. The molecule has 0 aliphatic carbocycles. The van der Waals surface area contributed by atoms with E-state index < -0.39 is 0 Å². The normalized spacial score (nSPS) is 12.4. The Morgan fingerprint density at radius 3 is 2.55 bits per heavy atom. The molecule has 148 valence electrons. The molecule has 2 aromatic heterocycles. The van der Waals surface area contributed by atoms with Crippen molar-refractivity contribution < 1.29 is 0 Å². The van der Waals surface area contributed by atoms with E-state index in [1.165, 1.54) is 11.1 Å². The molecule has 0 saturated heterocycles. The molecule has 4 rings (SSSR count). The van der Waals surface area contributed by atoms with Crippen LogP contribution < -0.4 is 5.32 Å². The summed E-state index contributed by atoms with van der Waals surface area (Å²) in [5.41, 5.74) is 4.68. The minimum atomic E-state index is 0.121. The van der Waals surface area contributed by atoms with E-state index in [-0.39, 0.29) is 6.04 Å². The minimum Gasteiger partial charge on any atom is -0.367 e. The fraction of sp³-hybridized carbons (Fsp3) is 0.217. The van der Waals surface area contributed by atoms with Crippen LogP contribution in [0.2, 0.25) is 5.02 Å². The molecule has 0 saturated carbocycles. The number of likely N-dealkylation sites (N-methyl/N-ethyl adjacent to an activating group) is 1. The fourth-order valence-electron chi connectivity index (χ4n) is 3.46. The van der Waals surface area contributed by atoms with Gasteiger partial charge in [0.15, 0.2) is 0 Å². The summed E-state index contributed by atoms with van der Waals surface area (Å²) in [5.74, 6) is 0.853. The van der Waals surface area contributed by atoms with Gasteiger partial charge in [-0.05, 0) is 38.2 Å². The van der Waals surface area contributed by atoms with Gasteiger partial charge in [0.25, 0.3) is 0 Å². The van der Waals surface area contributed by atoms with Crippen molar-refractivity contribution >= 4 is 39.0 Å². The van der Waals surface area contributed by atoms with E-state index in [1.54, 1.807) is 17.7 Å². The van der Waals surface area contributed by atoms with Crippen molar-refractivity contribution in [3.05, 3.63) is 76.4 Å². The molecule has 4 aromatic rings. The predicted octanol–water partition coefficient (Wildman–Crippen LogP) is 6.03. The maximum Gasteiger partial charge on any atom is 0.138 e. The Labute approximate surface area is 180 Å². The number of hydrogen-bond acceptors (Lipinski definition) is 5. The molecule has 0 radical (unpaired) electrons. The second kappa shape index (κ2) is 8.49. The summed E-state index contributed by atoms with van der Waals surface area (Å²) in [6, 6.07) is 16.7. The predicted molar refractivity (Wildman–Crippen MR) is 124 cm³/mol. The lowest BCUT2D eigenvalue weighted by Gasteiger charge is -2.26. The molecule has 1 unspecified atom stereocenters. The van der Waals surface area contributed by atoms with E-state index in [9.17, 15) is 0 Å². The van der Waals surface area contributed by atoms with E-state index in [4.69, 9.17) is 11.6 Å². The molecule has 0 aliphatic heterocycles. The third-order valence-corrected chi connectivity index (χ3v) is 6.31. The maximum absolute atomic E-state index is 6.46. The molecule has 0 spiro atoms. The number of nitrogens with one attached hydrogen (secondary N) is 1. The Bertz CT molecular complexity index is 1120. The molecule has 0 fully saturated rings. The number of anilines is 1. The van der Waals surface area contributed by atoms with Gasteiger partial charge >= 0.3 is 0 Å². The number of aromatic nitrogens is 2. The maximum atomic E-state index is 6.46. The standard InChI is InChI=1S/C23H23ClN4S/c1-15-8-10-16(11-9-15)18-13-29-23-21(18)22(26-14-27-23)25-12-20(28(2)3)17-6-4-5-7-19(17)24/h4-11,13-14,20H,12H2,1-3H3,(H,25,26,27). The van der Waals surface area contributed by atoms with E-state index in [0.717, 1.165) is 32.2 Å². The largest absolute Gasteiger partial charge is 0.367 e. The lowest BCUT2D eigenvalue weighted by Crippen LogP contribution is -2.27. The fourth-order valence-corrected chi connectivity index (χ4v) is 4.64. The number of hydrogen-bond donors (Lipinski definition) is 1. The SMILES string of the molecule is Cc1ccc(-c2csc3ncnc(NCC(c4ccccc4Cl)N(C)C)c23)cc1. The van der Waals surface area contributed by atoms with E-state index in [0.29, 0.717) is 6.54 Å². The van der Waals surface area contributed by atoms with Gasteiger partial charge in [0.05, 0.1) is 11.4 Å². The van der Waals surface area contributed by atoms with Crippen molar-refractivity contribution in [2.45, 2.75) is 13.0 Å². The highest BCUT2D eigenvalue weighted by molar-refractivity contribution is 7.17. The first-order valence-electron chi connectivity index (χ1n) is 9.48. The molecule has 1 N–H and O–H groups in total. The van der Waals surface area contributed by atoms with Gasteiger partial charge in [-0.3, -0.25) is 0 Å². The first kappa shape index (κ1) is 19.8. The molecule has 0 bridgehead atoms. The van der Waals surface area contributed by atoms with Crippen LogP contribution in [0.25, 0.3) is 21.3 Å². The summed E-state index contributed by atoms with van der Waals surface area (Å²) in [4.78, 5) is 12.2. The lowest BCUT2D eigenvalue weighted by atomic mass is 10.0. The third-order valence-electron chi connectivity index (χ3n) is 5.08. The van der Waals surface area contributed by atoms with Gasteiger partial charge in [-0.1, -0.05) is 59.6 Å². The number of nitrogens with zero attached hydrogens (tertiary/aromatic N) is 3. The summed E-state index contributed by atoms with van der Waals surface area (Å²) in [6.45, 7) is 2.79. The molecule has 29 heavy (non-hydrogen) atoms. The highest BCUT2D eigenvalue weighted by Gasteiger charge is 2.19. The van der Waals surface area contributed by atoms with Crippen molar-refractivity contribution in [2.24, 2.45) is 0 Å². The third kappa shape index (κ3) is 4.13. The number of halogens is 1. The Balaban J connectivity index is 1.68. The molecule has 0 amide bonds. The Kier molecular flexibility index (Phi) is 5.81. The summed E-state index contributed by atoms with van der Waals surface area (Å²) < 4.78 is 0. The topological polar surface area (TPSA) is 41.1 Å². The lowest BCUT2D eigenvalue weighted by molar-refractivity contribution is 0.312. The van der Waals surface area contributed by atoms with Crippen LogP contribution in [-0.4, -0.2) is 35.5 Å². The van der Waals surface area contributed by atoms with Crippen molar-refractivity contribution in [1.82, 2.24) is 14.9 Å². The zero-order valence-electron chi connectivity index (χ0n) is 16.7. The van der Waals surface area contributed by atoms with Crippen molar-refractivity contribution in [2.75, 3.05) is 26.0 Å². The smallest absolute Gasteiger partial charge is 0.138 e. The van der Waals surface area contributed by atoms with Crippen LogP contribution >= 0.6 is 22.9 Å². The van der Waals surface area contributed by atoms with Gasteiger partial charge < -0.3 is 10.2 Å². The number of aryl methyl sites for hydroxylation is 1. The number of rotatable bonds is 6. The Morgan fingerprint density at radius 2 is 1.83 bits per heavy atom. The van der Waals surface area contributed by atoms with E-state index in [2.05, 4.69) is 76.9 Å². The van der Waals surface area contributed by atoms with Gasteiger partial charge in [0.1, 0.15) is 17.0 Å². The van der Waals surface area contributed by atoms with Gasteiger partial charge in [-0.15, -0.1) is 11.3 Å². The first-order chi connectivity index (χ1) is 14.0. The molecule has 4 nitrogen and oxygen atoms in total. The zero-order chi connectivity index (χ0) is 20.4. The molecule has 6 heteroatoms. The van der Waals surface area contributed by atoms with Crippen LogP contribution in [0.5, 0.6) is 0 Å². The molecule has 0 aliphatic rings. The summed E-state index contributed by atoms with van der Waals surface area (Å²) in [6.07, 6.45) is 1.63. The van der Waals surface area contributed by atoms with E-state index >= 15 is 0 Å². The summed E-state index contributed by atoms with van der Waals surface area (Å²) in [5, 5.41) is 7.56. The average molecular weight is 423 g/mol. The van der Waals surface area contributed by atoms with Crippen molar-refractivity contribution in [3.63, 3.8) is 0 Å². The Morgan fingerprint density at radius 1 is 1.07 bits per heavy atom. The molecule has 2 aromatic carbocycles. The monoisotopic (exact) mass is 422 g/mol. The number of thiophene rings is 1. The van der Waals surface area contributed by atoms with Crippen LogP contribution in [0.4, 0.5) is 5.82 Å². The van der Waals surface area contributed by atoms with Crippen LogP contribution in [0.3, 0.4) is 0 Å². The summed E-state index contributed by atoms with van der Waals surface area (Å²) >= 11 is 8.11. The van der Waals surface area contributed by atoms with Crippen LogP contribution in [0, 0.1) is 6.92 Å². The van der Waals surface area contributed by atoms with Gasteiger partial charge in [0.2, 0.25) is 0 Å². The van der Waals surface area contributed by atoms with Crippen LogP contribution in [0.15, 0.2) is 60.2 Å². The van der Waals surface area contributed by atoms with Gasteiger partial charge in [0, 0.05) is 22.5 Å². The van der Waals surface area contributed by atoms with Gasteiger partial charge in [-0.25, -0.2) is 9.97 Å². The van der Waals surface area contributed by atoms with Crippen LogP contribution in [-0.2, 0) is 0 Å². The molecular formula is C23H23ClN4S.